The Bertz CT molecular complexity index is 992. The first kappa shape index (κ1) is 20.6. The second kappa shape index (κ2) is 8.22. The highest BCUT2D eigenvalue weighted by Gasteiger charge is 2.40. The maximum absolute atomic E-state index is 13.5. The lowest BCUT2D eigenvalue weighted by Gasteiger charge is -2.37. The average molecular weight is 430 g/mol. The lowest BCUT2D eigenvalue weighted by molar-refractivity contribution is -0.384. The summed E-state index contributed by atoms with van der Waals surface area (Å²) in [5.41, 5.74) is 2.92. The summed E-state index contributed by atoms with van der Waals surface area (Å²) in [5, 5.41) is 14.8. The number of nitrogens with one attached hydrogen (secondary N) is 1. The Morgan fingerprint density at radius 3 is 2.63 bits per heavy atom. The van der Waals surface area contributed by atoms with Crippen molar-refractivity contribution in [1.82, 2.24) is 10.2 Å². The van der Waals surface area contributed by atoms with Crippen LogP contribution < -0.4 is 5.32 Å². The number of Topliss-reactive ketones (excluding diaryl/α,β-unsaturated/α-hetero) is 1. The smallest absolute Gasteiger partial charge is 0.288 e. The standard InChI is InChI=1S/C22H24ClN3O4/c1-13-19(22(28)25-10-3-2-4-11-25)20(21-16(24-13)6-5-7-18(21)27)14-8-9-15(23)17(12-14)26(29)30/h8-9,12,20,24H,2-7,10-11H2,1H3/t20-/m1/s1. The number of halogens is 1. The van der Waals surface area contributed by atoms with E-state index in [4.69, 9.17) is 11.6 Å². The molecule has 30 heavy (non-hydrogen) atoms. The molecule has 2 aliphatic heterocycles. The van der Waals surface area contributed by atoms with E-state index in [-0.39, 0.29) is 22.4 Å². The van der Waals surface area contributed by atoms with Crippen molar-refractivity contribution in [3.05, 3.63) is 61.4 Å². The molecule has 2 heterocycles. The van der Waals surface area contributed by atoms with Gasteiger partial charge in [-0.25, -0.2) is 0 Å². The fourth-order valence-electron chi connectivity index (χ4n) is 4.72. The topological polar surface area (TPSA) is 92.6 Å². The molecule has 1 amide bonds. The number of piperidine rings is 1. The van der Waals surface area contributed by atoms with Gasteiger partial charge in [-0.3, -0.25) is 19.7 Å². The number of likely N-dealkylation sites (tertiary alicyclic amines) is 1. The van der Waals surface area contributed by atoms with Gasteiger partial charge in [0.2, 0.25) is 0 Å². The number of hydrogen-bond donors (Lipinski definition) is 1. The quantitative estimate of drug-likeness (QED) is 0.573. The van der Waals surface area contributed by atoms with Gasteiger partial charge in [0.15, 0.2) is 5.78 Å². The number of hydrogen-bond acceptors (Lipinski definition) is 5. The van der Waals surface area contributed by atoms with Crippen molar-refractivity contribution >= 4 is 29.0 Å². The number of nitro groups is 1. The SMILES string of the molecule is CC1=C(C(=O)N2CCCCC2)[C@@H](c2ccc(Cl)c([N+](=O)[O-])c2)C2=C(CCCC2=O)N1. The molecular weight excluding hydrogens is 406 g/mol. The zero-order chi connectivity index (χ0) is 21.4. The van der Waals surface area contributed by atoms with Crippen LogP contribution in [0.3, 0.4) is 0 Å². The summed E-state index contributed by atoms with van der Waals surface area (Å²) < 4.78 is 0. The summed E-state index contributed by atoms with van der Waals surface area (Å²) in [5.74, 6) is -0.741. The molecule has 7 nitrogen and oxygen atoms in total. The van der Waals surface area contributed by atoms with E-state index in [1.807, 2.05) is 11.8 Å². The van der Waals surface area contributed by atoms with Crippen LogP contribution in [0, 0.1) is 10.1 Å². The number of nitro benzene ring substituents is 1. The van der Waals surface area contributed by atoms with Gasteiger partial charge in [-0.1, -0.05) is 17.7 Å². The Morgan fingerprint density at radius 1 is 1.20 bits per heavy atom. The predicted molar refractivity (Wildman–Crippen MR) is 113 cm³/mol. The molecule has 1 aromatic rings. The summed E-state index contributed by atoms with van der Waals surface area (Å²) in [4.78, 5) is 39.3. The summed E-state index contributed by atoms with van der Waals surface area (Å²) in [6.07, 6.45) is 4.89. The third-order valence-corrected chi connectivity index (χ3v) is 6.47. The fourth-order valence-corrected chi connectivity index (χ4v) is 4.90. The summed E-state index contributed by atoms with van der Waals surface area (Å²) in [6.45, 7) is 3.21. The Morgan fingerprint density at radius 2 is 1.93 bits per heavy atom. The molecule has 1 atom stereocenters. The van der Waals surface area contributed by atoms with Crippen molar-refractivity contribution in [3.8, 4) is 0 Å². The minimum atomic E-state index is -0.626. The molecule has 1 aliphatic carbocycles. The van der Waals surface area contributed by atoms with Crippen LogP contribution >= 0.6 is 11.6 Å². The summed E-state index contributed by atoms with van der Waals surface area (Å²) >= 11 is 6.03. The van der Waals surface area contributed by atoms with E-state index in [1.165, 1.54) is 12.1 Å². The van der Waals surface area contributed by atoms with Gasteiger partial charge in [0.05, 0.1) is 4.92 Å². The molecule has 0 spiro atoms. The molecular formula is C22H24ClN3O4. The molecule has 8 heteroatoms. The Kier molecular flexibility index (Phi) is 5.64. The van der Waals surface area contributed by atoms with Gasteiger partial charge in [0, 0.05) is 54.0 Å². The van der Waals surface area contributed by atoms with Crippen molar-refractivity contribution < 1.29 is 14.5 Å². The number of ketones is 1. The van der Waals surface area contributed by atoms with Crippen LogP contribution in [0.25, 0.3) is 0 Å². The van der Waals surface area contributed by atoms with Crippen LogP contribution in [-0.2, 0) is 9.59 Å². The molecule has 4 rings (SSSR count). The van der Waals surface area contributed by atoms with E-state index in [0.717, 1.165) is 37.8 Å². The molecule has 3 aliphatic rings. The number of amides is 1. The highest BCUT2D eigenvalue weighted by atomic mass is 35.5. The maximum Gasteiger partial charge on any atom is 0.288 e. The largest absolute Gasteiger partial charge is 0.362 e. The van der Waals surface area contributed by atoms with E-state index in [0.29, 0.717) is 41.9 Å². The number of carbonyl (C=O) groups is 2. The summed E-state index contributed by atoms with van der Waals surface area (Å²) in [7, 11) is 0. The fraction of sp³-hybridized carbons (Fsp3) is 0.455. The van der Waals surface area contributed by atoms with Gasteiger partial charge < -0.3 is 10.2 Å². The maximum atomic E-state index is 13.5. The van der Waals surface area contributed by atoms with Crippen LogP contribution in [0.2, 0.25) is 5.02 Å². The van der Waals surface area contributed by atoms with E-state index in [1.54, 1.807) is 6.07 Å². The number of carbonyl (C=O) groups excluding carboxylic acids is 2. The third kappa shape index (κ3) is 3.62. The molecule has 0 radical (unpaired) electrons. The number of allylic oxidation sites excluding steroid dienone is 3. The van der Waals surface area contributed by atoms with E-state index < -0.39 is 10.8 Å². The molecule has 0 unspecified atom stereocenters. The van der Waals surface area contributed by atoms with Crippen LogP contribution in [0.5, 0.6) is 0 Å². The predicted octanol–water partition coefficient (Wildman–Crippen LogP) is 4.23. The van der Waals surface area contributed by atoms with Crippen molar-refractivity contribution in [2.24, 2.45) is 0 Å². The number of rotatable bonds is 3. The van der Waals surface area contributed by atoms with E-state index in [9.17, 15) is 19.7 Å². The minimum Gasteiger partial charge on any atom is -0.362 e. The van der Waals surface area contributed by atoms with Crippen LogP contribution in [0.4, 0.5) is 5.69 Å². The summed E-state index contributed by atoms with van der Waals surface area (Å²) in [6, 6.07) is 4.57. The molecule has 158 valence electrons. The van der Waals surface area contributed by atoms with Gasteiger partial charge in [-0.15, -0.1) is 0 Å². The lowest BCUT2D eigenvalue weighted by Crippen LogP contribution is -2.42. The molecule has 0 bridgehead atoms. The Balaban J connectivity index is 1.86. The highest BCUT2D eigenvalue weighted by Crippen LogP contribution is 2.44. The first-order valence-corrected chi connectivity index (χ1v) is 10.7. The third-order valence-electron chi connectivity index (χ3n) is 6.15. The van der Waals surface area contributed by atoms with Crippen LogP contribution in [-0.4, -0.2) is 34.6 Å². The van der Waals surface area contributed by atoms with Gasteiger partial charge in [-0.05, 0) is 50.7 Å². The molecule has 0 saturated carbocycles. The van der Waals surface area contributed by atoms with Gasteiger partial charge in [0.1, 0.15) is 5.02 Å². The number of nitrogens with zero attached hydrogens (tertiary/aromatic N) is 2. The van der Waals surface area contributed by atoms with Gasteiger partial charge >= 0.3 is 0 Å². The van der Waals surface area contributed by atoms with Crippen molar-refractivity contribution in [2.75, 3.05) is 13.1 Å². The average Bonchev–Trinajstić information content (AvgIpc) is 2.73. The minimum absolute atomic E-state index is 0.0113. The molecule has 0 aromatic heterocycles. The molecule has 1 fully saturated rings. The Hall–Kier alpha value is -2.67. The molecule has 1 aromatic carbocycles. The second-order valence-corrected chi connectivity index (χ2v) is 8.49. The first-order valence-electron chi connectivity index (χ1n) is 10.4. The zero-order valence-corrected chi connectivity index (χ0v) is 17.6. The zero-order valence-electron chi connectivity index (χ0n) is 16.9. The second-order valence-electron chi connectivity index (χ2n) is 8.09. The van der Waals surface area contributed by atoms with Gasteiger partial charge in [0.25, 0.3) is 11.6 Å². The number of dihydropyridines is 1. The van der Waals surface area contributed by atoms with Gasteiger partial charge in [-0.2, -0.15) is 0 Å². The number of benzene rings is 1. The van der Waals surface area contributed by atoms with E-state index in [2.05, 4.69) is 5.32 Å². The first-order chi connectivity index (χ1) is 14.4. The Labute approximate surface area is 179 Å². The molecule has 1 N–H and O–H groups in total. The van der Waals surface area contributed by atoms with E-state index >= 15 is 0 Å². The highest BCUT2D eigenvalue weighted by molar-refractivity contribution is 6.32. The van der Waals surface area contributed by atoms with Crippen LogP contribution in [0.1, 0.15) is 56.9 Å². The van der Waals surface area contributed by atoms with Crippen molar-refractivity contribution in [2.45, 2.75) is 51.4 Å². The van der Waals surface area contributed by atoms with Crippen molar-refractivity contribution in [1.29, 1.82) is 0 Å². The van der Waals surface area contributed by atoms with Crippen LogP contribution in [0.15, 0.2) is 40.7 Å². The lowest BCUT2D eigenvalue weighted by atomic mass is 9.74. The normalized spacial score (nSPS) is 22.0. The monoisotopic (exact) mass is 429 g/mol. The van der Waals surface area contributed by atoms with Crippen molar-refractivity contribution in [3.63, 3.8) is 0 Å². The molecule has 1 saturated heterocycles.